The quantitative estimate of drug-likeness (QED) is 0.257. The molecule has 0 unspecified atom stereocenters. The number of rotatable bonds is 12. The Bertz CT molecular complexity index is 442. The number of hydrogen-bond donors (Lipinski definition) is 4. The second kappa shape index (κ2) is 11.7. The molecule has 0 radical (unpaired) electrons. The summed E-state index contributed by atoms with van der Waals surface area (Å²) in [6, 6.07) is -0.739. The molecule has 0 aromatic heterocycles. The fourth-order valence-electron chi connectivity index (χ4n) is 2.94. The van der Waals surface area contributed by atoms with Crippen LogP contribution in [0, 0.1) is 0 Å². The molecule has 0 aromatic rings. The van der Waals surface area contributed by atoms with Crippen molar-refractivity contribution >= 4 is 6.09 Å². The van der Waals surface area contributed by atoms with Crippen LogP contribution in [0.5, 0.6) is 0 Å². The number of carbonyl (C=O) groups is 1. The lowest BCUT2D eigenvalue weighted by Gasteiger charge is -2.40. The molecule has 2 aliphatic heterocycles. The molecular weight excluding hydrogens is 364 g/mol. The molecule has 11 nitrogen and oxygen atoms in total. The Morgan fingerprint density at radius 2 is 1.74 bits per heavy atom. The first-order valence-electron chi connectivity index (χ1n) is 9.07. The first-order valence-corrected chi connectivity index (χ1v) is 9.07. The molecule has 11 heteroatoms. The molecule has 5 atom stereocenters. The molecule has 5 N–H and O–H groups in total. The maximum Gasteiger partial charge on any atom is 0.410 e. The van der Waals surface area contributed by atoms with Crippen molar-refractivity contribution < 1.29 is 43.8 Å². The van der Waals surface area contributed by atoms with Crippen molar-refractivity contribution in [2.75, 3.05) is 65.9 Å². The van der Waals surface area contributed by atoms with Crippen LogP contribution in [0.2, 0.25) is 0 Å². The summed E-state index contributed by atoms with van der Waals surface area (Å²) in [4.78, 5) is 13.4. The van der Waals surface area contributed by atoms with E-state index in [-0.39, 0.29) is 19.8 Å². The lowest BCUT2D eigenvalue weighted by Crippen LogP contribution is -2.60. The summed E-state index contributed by atoms with van der Waals surface area (Å²) >= 11 is 0. The Balaban J connectivity index is 1.63. The molecule has 0 saturated carbocycles. The highest BCUT2D eigenvalue weighted by molar-refractivity contribution is 5.70. The third kappa shape index (κ3) is 6.50. The topological polar surface area (TPSA) is 153 Å². The predicted octanol–water partition coefficient (Wildman–Crippen LogP) is -2.70. The fraction of sp³-hybridized carbons (Fsp3) is 0.938. The van der Waals surface area contributed by atoms with Crippen molar-refractivity contribution in [1.29, 1.82) is 0 Å². The van der Waals surface area contributed by atoms with Crippen molar-refractivity contribution in [2.24, 2.45) is 5.73 Å². The van der Waals surface area contributed by atoms with E-state index in [1.54, 1.807) is 0 Å². The van der Waals surface area contributed by atoms with Gasteiger partial charge in [-0.2, -0.15) is 0 Å². The van der Waals surface area contributed by atoms with Gasteiger partial charge in [0.2, 0.25) is 0 Å². The SMILES string of the molecule is NCCOCCOCCOC[C@@H]1CN([C@H]2CO[C@H](CO)[C@H](O)[C@@H]2O)C(=O)O1. The second-order valence-corrected chi connectivity index (χ2v) is 6.35. The summed E-state index contributed by atoms with van der Waals surface area (Å²) in [6.07, 6.45) is -4.44. The van der Waals surface area contributed by atoms with E-state index in [0.29, 0.717) is 39.6 Å². The van der Waals surface area contributed by atoms with E-state index < -0.39 is 43.2 Å². The number of aliphatic hydroxyl groups excluding tert-OH is 3. The number of ether oxygens (including phenoxy) is 5. The molecule has 158 valence electrons. The molecule has 0 aromatic carbocycles. The van der Waals surface area contributed by atoms with Gasteiger partial charge in [-0.1, -0.05) is 0 Å². The second-order valence-electron chi connectivity index (χ2n) is 6.35. The van der Waals surface area contributed by atoms with Crippen LogP contribution in [0.4, 0.5) is 4.79 Å². The Morgan fingerprint density at radius 1 is 1.07 bits per heavy atom. The van der Waals surface area contributed by atoms with Crippen LogP contribution in [0.25, 0.3) is 0 Å². The fourth-order valence-corrected chi connectivity index (χ4v) is 2.94. The smallest absolute Gasteiger partial charge is 0.410 e. The zero-order valence-corrected chi connectivity index (χ0v) is 15.3. The van der Waals surface area contributed by atoms with Gasteiger partial charge in [-0.25, -0.2) is 4.79 Å². The number of cyclic esters (lactones) is 1. The Labute approximate surface area is 157 Å². The minimum absolute atomic E-state index is 0.00615. The van der Waals surface area contributed by atoms with Crippen molar-refractivity contribution in [1.82, 2.24) is 4.90 Å². The summed E-state index contributed by atoms with van der Waals surface area (Å²) in [5.41, 5.74) is 5.29. The zero-order chi connectivity index (χ0) is 19.6. The molecule has 1 amide bonds. The van der Waals surface area contributed by atoms with E-state index in [0.717, 1.165) is 0 Å². The lowest BCUT2D eigenvalue weighted by atomic mass is 9.97. The highest BCUT2D eigenvalue weighted by Gasteiger charge is 2.46. The number of nitrogens with two attached hydrogens (primary N) is 1. The van der Waals surface area contributed by atoms with Gasteiger partial charge in [0.1, 0.15) is 24.4 Å². The van der Waals surface area contributed by atoms with Gasteiger partial charge in [0.05, 0.1) is 65.4 Å². The summed E-state index contributed by atoms with van der Waals surface area (Å²) < 4.78 is 26.5. The van der Waals surface area contributed by atoms with Crippen LogP contribution in [-0.2, 0) is 23.7 Å². The van der Waals surface area contributed by atoms with Gasteiger partial charge in [-0.3, -0.25) is 4.90 Å². The molecule has 27 heavy (non-hydrogen) atoms. The summed E-state index contributed by atoms with van der Waals surface area (Å²) in [5, 5.41) is 29.2. The van der Waals surface area contributed by atoms with E-state index >= 15 is 0 Å². The normalized spacial score (nSPS) is 31.3. The van der Waals surface area contributed by atoms with E-state index in [1.807, 2.05) is 0 Å². The zero-order valence-electron chi connectivity index (χ0n) is 15.3. The van der Waals surface area contributed by atoms with Crippen LogP contribution in [0.1, 0.15) is 0 Å². The molecule has 0 bridgehead atoms. The summed E-state index contributed by atoms with van der Waals surface area (Å²) in [7, 11) is 0. The van der Waals surface area contributed by atoms with Gasteiger partial charge < -0.3 is 44.7 Å². The minimum atomic E-state index is -1.28. The minimum Gasteiger partial charge on any atom is -0.442 e. The number of hydrogen-bond acceptors (Lipinski definition) is 10. The van der Waals surface area contributed by atoms with Gasteiger partial charge >= 0.3 is 6.09 Å². The van der Waals surface area contributed by atoms with Gasteiger partial charge in [-0.05, 0) is 0 Å². The van der Waals surface area contributed by atoms with Gasteiger partial charge in [-0.15, -0.1) is 0 Å². The van der Waals surface area contributed by atoms with Crippen molar-refractivity contribution in [3.8, 4) is 0 Å². The monoisotopic (exact) mass is 394 g/mol. The van der Waals surface area contributed by atoms with E-state index in [4.69, 9.17) is 34.5 Å². The first-order chi connectivity index (χ1) is 13.1. The lowest BCUT2D eigenvalue weighted by molar-refractivity contribution is -0.174. The molecule has 0 aliphatic carbocycles. The predicted molar refractivity (Wildman–Crippen MR) is 91.1 cm³/mol. The highest BCUT2D eigenvalue weighted by Crippen LogP contribution is 2.24. The molecule has 2 fully saturated rings. The van der Waals surface area contributed by atoms with Gasteiger partial charge in [0.15, 0.2) is 0 Å². The molecule has 2 rings (SSSR count). The number of amides is 1. The average Bonchev–Trinajstić information content (AvgIpc) is 3.03. The van der Waals surface area contributed by atoms with Gasteiger partial charge in [0, 0.05) is 6.54 Å². The molecule has 0 spiro atoms. The Kier molecular flexibility index (Phi) is 9.65. The third-order valence-corrected chi connectivity index (χ3v) is 4.40. The number of nitrogens with zero attached hydrogens (tertiary/aromatic N) is 1. The van der Waals surface area contributed by atoms with Crippen LogP contribution in [0.15, 0.2) is 0 Å². The largest absolute Gasteiger partial charge is 0.442 e. The van der Waals surface area contributed by atoms with Crippen molar-refractivity contribution in [3.63, 3.8) is 0 Å². The van der Waals surface area contributed by atoms with Crippen LogP contribution in [-0.4, -0.2) is 123 Å². The van der Waals surface area contributed by atoms with Gasteiger partial charge in [0.25, 0.3) is 0 Å². The van der Waals surface area contributed by atoms with E-state index in [9.17, 15) is 15.0 Å². The summed E-state index contributed by atoms with van der Waals surface area (Å²) in [6.45, 7) is 2.64. The Morgan fingerprint density at radius 3 is 2.41 bits per heavy atom. The van der Waals surface area contributed by atoms with Crippen LogP contribution >= 0.6 is 0 Å². The van der Waals surface area contributed by atoms with E-state index in [1.165, 1.54) is 4.90 Å². The summed E-state index contributed by atoms with van der Waals surface area (Å²) in [5.74, 6) is 0. The maximum absolute atomic E-state index is 12.1. The number of carbonyl (C=O) groups excluding carboxylic acids is 1. The molecule has 2 saturated heterocycles. The third-order valence-electron chi connectivity index (χ3n) is 4.40. The standard InChI is InChI=1S/C16H30N2O9/c17-1-2-23-3-4-24-5-6-25-9-11-7-18(16(22)27-11)12-10-26-13(8-19)15(21)14(12)20/h11-15,19-21H,1-10,17H2/t11-,12-,13+,14+,15-/m0/s1. The molecular formula is C16H30N2O9. The van der Waals surface area contributed by atoms with Crippen molar-refractivity contribution in [3.05, 3.63) is 0 Å². The van der Waals surface area contributed by atoms with Crippen LogP contribution < -0.4 is 5.73 Å². The van der Waals surface area contributed by atoms with E-state index in [2.05, 4.69) is 0 Å². The highest BCUT2D eigenvalue weighted by atomic mass is 16.6. The maximum atomic E-state index is 12.1. The van der Waals surface area contributed by atoms with Crippen LogP contribution in [0.3, 0.4) is 0 Å². The molecule has 2 heterocycles. The average molecular weight is 394 g/mol. The number of aliphatic hydroxyl groups is 3. The first kappa shape index (κ1) is 22.2. The Hall–Kier alpha value is -1.05. The van der Waals surface area contributed by atoms with Crippen molar-refractivity contribution in [2.45, 2.75) is 30.5 Å². The molecule has 2 aliphatic rings.